The Balaban J connectivity index is 1.52. The van der Waals surface area contributed by atoms with Crippen molar-refractivity contribution in [2.24, 2.45) is 0 Å². The van der Waals surface area contributed by atoms with E-state index in [-0.39, 0.29) is 23.9 Å². The molecule has 3 heterocycles. The minimum atomic E-state index is -0.441. The van der Waals surface area contributed by atoms with Crippen LogP contribution in [0.1, 0.15) is 30.1 Å². The van der Waals surface area contributed by atoms with Crippen LogP contribution < -0.4 is 0 Å². The molecule has 1 aliphatic heterocycles. The van der Waals surface area contributed by atoms with Crippen molar-refractivity contribution in [2.75, 3.05) is 13.1 Å². The molecular formula is C19H19N5O3. The van der Waals surface area contributed by atoms with Crippen molar-refractivity contribution >= 4 is 17.2 Å². The highest BCUT2D eigenvalue weighted by Gasteiger charge is 2.28. The first-order chi connectivity index (χ1) is 13.1. The SMILES string of the molecule is O=C(Cc1ccccc1[N+](=O)[O-])N1CCC[C@@H](c2nnc3ccccn23)C1. The fourth-order valence-electron chi connectivity index (χ4n) is 3.67. The summed E-state index contributed by atoms with van der Waals surface area (Å²) in [6, 6.07) is 12.2. The van der Waals surface area contributed by atoms with E-state index in [4.69, 9.17) is 0 Å². The fraction of sp³-hybridized carbons (Fsp3) is 0.316. The molecule has 0 N–H and O–H groups in total. The number of carbonyl (C=O) groups excluding carboxylic acids is 1. The van der Waals surface area contributed by atoms with E-state index in [1.54, 1.807) is 23.1 Å². The van der Waals surface area contributed by atoms with Gasteiger partial charge in [0.05, 0.1) is 11.3 Å². The van der Waals surface area contributed by atoms with E-state index in [0.717, 1.165) is 24.3 Å². The van der Waals surface area contributed by atoms with E-state index in [1.165, 1.54) is 6.07 Å². The van der Waals surface area contributed by atoms with Crippen LogP contribution in [0, 0.1) is 10.1 Å². The van der Waals surface area contributed by atoms with Gasteiger partial charge in [0.25, 0.3) is 5.69 Å². The molecule has 0 bridgehead atoms. The van der Waals surface area contributed by atoms with Gasteiger partial charge in [0.15, 0.2) is 5.65 Å². The van der Waals surface area contributed by atoms with Crippen LogP contribution in [-0.4, -0.2) is 43.4 Å². The summed E-state index contributed by atoms with van der Waals surface area (Å²) in [5.74, 6) is 0.863. The molecule has 138 valence electrons. The quantitative estimate of drug-likeness (QED) is 0.523. The molecule has 0 unspecified atom stereocenters. The number of para-hydroxylation sites is 1. The number of likely N-dealkylation sites (tertiary alicyclic amines) is 1. The second kappa shape index (κ2) is 7.14. The molecular weight excluding hydrogens is 346 g/mol. The molecule has 3 aromatic rings. The molecule has 0 radical (unpaired) electrons. The second-order valence-electron chi connectivity index (χ2n) is 6.73. The van der Waals surface area contributed by atoms with Crippen LogP contribution in [0.2, 0.25) is 0 Å². The Labute approximate surface area is 155 Å². The maximum Gasteiger partial charge on any atom is 0.273 e. The molecule has 1 atom stereocenters. The maximum absolute atomic E-state index is 12.8. The van der Waals surface area contributed by atoms with Gasteiger partial charge < -0.3 is 4.90 Å². The Morgan fingerprint density at radius 3 is 2.85 bits per heavy atom. The van der Waals surface area contributed by atoms with Gasteiger partial charge in [-0.3, -0.25) is 19.3 Å². The Morgan fingerprint density at radius 1 is 1.19 bits per heavy atom. The molecule has 0 aliphatic carbocycles. The van der Waals surface area contributed by atoms with E-state index in [9.17, 15) is 14.9 Å². The lowest BCUT2D eigenvalue weighted by atomic mass is 9.96. The molecule has 4 rings (SSSR count). The van der Waals surface area contributed by atoms with Crippen LogP contribution in [0.5, 0.6) is 0 Å². The van der Waals surface area contributed by atoms with E-state index >= 15 is 0 Å². The Bertz CT molecular complexity index is 1000. The lowest BCUT2D eigenvalue weighted by molar-refractivity contribution is -0.385. The summed E-state index contributed by atoms with van der Waals surface area (Å²) in [6.45, 7) is 1.21. The monoisotopic (exact) mass is 365 g/mol. The highest BCUT2D eigenvalue weighted by Crippen LogP contribution is 2.27. The number of pyridine rings is 1. The van der Waals surface area contributed by atoms with Gasteiger partial charge in [-0.15, -0.1) is 10.2 Å². The van der Waals surface area contributed by atoms with E-state index < -0.39 is 4.92 Å². The number of nitro groups is 1. The molecule has 27 heavy (non-hydrogen) atoms. The normalized spacial score (nSPS) is 17.2. The lowest BCUT2D eigenvalue weighted by Gasteiger charge is -2.32. The van der Waals surface area contributed by atoms with Crippen molar-refractivity contribution in [2.45, 2.75) is 25.2 Å². The minimum Gasteiger partial charge on any atom is -0.342 e. The van der Waals surface area contributed by atoms with E-state index in [0.29, 0.717) is 18.7 Å². The first kappa shape index (κ1) is 17.1. The van der Waals surface area contributed by atoms with Gasteiger partial charge >= 0.3 is 0 Å². The van der Waals surface area contributed by atoms with E-state index in [1.807, 2.05) is 28.8 Å². The third kappa shape index (κ3) is 3.38. The van der Waals surface area contributed by atoms with Crippen molar-refractivity contribution in [3.05, 3.63) is 70.2 Å². The molecule has 1 aliphatic rings. The number of hydrogen-bond donors (Lipinski definition) is 0. The van der Waals surface area contributed by atoms with Crippen molar-refractivity contribution in [3.63, 3.8) is 0 Å². The molecule has 1 amide bonds. The maximum atomic E-state index is 12.8. The van der Waals surface area contributed by atoms with Gasteiger partial charge in [-0.25, -0.2) is 0 Å². The number of nitro benzene ring substituents is 1. The first-order valence-corrected chi connectivity index (χ1v) is 8.93. The van der Waals surface area contributed by atoms with Crippen molar-refractivity contribution in [1.29, 1.82) is 0 Å². The number of aromatic nitrogens is 3. The molecule has 8 nitrogen and oxygen atoms in total. The predicted molar refractivity (Wildman–Crippen MR) is 98.3 cm³/mol. The Kier molecular flexibility index (Phi) is 4.53. The molecule has 1 saturated heterocycles. The number of hydrogen-bond acceptors (Lipinski definition) is 5. The molecule has 2 aromatic heterocycles. The second-order valence-corrected chi connectivity index (χ2v) is 6.73. The van der Waals surface area contributed by atoms with Crippen molar-refractivity contribution in [3.8, 4) is 0 Å². The molecule has 0 saturated carbocycles. The first-order valence-electron chi connectivity index (χ1n) is 8.93. The summed E-state index contributed by atoms with van der Waals surface area (Å²) in [6.07, 6.45) is 3.77. The third-order valence-corrected chi connectivity index (χ3v) is 5.01. The smallest absolute Gasteiger partial charge is 0.273 e. The van der Waals surface area contributed by atoms with Gasteiger partial charge in [0.1, 0.15) is 5.82 Å². The standard InChI is InChI=1S/C19H19N5O3/c25-18(12-14-6-1-2-8-16(14)24(26)27)22-10-5-7-15(13-22)19-21-20-17-9-3-4-11-23(17)19/h1-4,6,8-9,11,15H,5,7,10,12-13H2/t15-/m1/s1. The van der Waals surface area contributed by atoms with Crippen molar-refractivity contribution in [1.82, 2.24) is 19.5 Å². The molecule has 8 heteroatoms. The van der Waals surface area contributed by atoms with E-state index in [2.05, 4.69) is 10.2 Å². The van der Waals surface area contributed by atoms with Crippen LogP contribution in [0.25, 0.3) is 5.65 Å². The molecule has 0 spiro atoms. The van der Waals surface area contributed by atoms with Gasteiger partial charge in [-0.1, -0.05) is 24.3 Å². The van der Waals surface area contributed by atoms with Crippen LogP contribution in [0.4, 0.5) is 5.69 Å². The van der Waals surface area contributed by atoms with Crippen molar-refractivity contribution < 1.29 is 9.72 Å². The summed E-state index contributed by atoms with van der Waals surface area (Å²) in [4.78, 5) is 25.3. The number of fused-ring (bicyclic) bond motifs is 1. The highest BCUT2D eigenvalue weighted by molar-refractivity contribution is 5.80. The van der Waals surface area contributed by atoms with Crippen LogP contribution in [0.3, 0.4) is 0 Å². The van der Waals surface area contributed by atoms with Gasteiger partial charge in [-0.2, -0.15) is 0 Å². The number of carbonyl (C=O) groups is 1. The van der Waals surface area contributed by atoms with Crippen LogP contribution in [-0.2, 0) is 11.2 Å². The number of amides is 1. The van der Waals surface area contributed by atoms with Crippen LogP contribution in [0.15, 0.2) is 48.7 Å². The molecule has 1 fully saturated rings. The fourth-order valence-corrected chi connectivity index (χ4v) is 3.67. The number of nitrogens with zero attached hydrogens (tertiary/aromatic N) is 5. The zero-order valence-electron chi connectivity index (χ0n) is 14.7. The number of benzene rings is 1. The van der Waals surface area contributed by atoms with Gasteiger partial charge in [0, 0.05) is 36.8 Å². The summed E-state index contributed by atoms with van der Waals surface area (Å²) >= 11 is 0. The number of piperidine rings is 1. The number of rotatable bonds is 4. The largest absolute Gasteiger partial charge is 0.342 e. The zero-order valence-corrected chi connectivity index (χ0v) is 14.7. The summed E-state index contributed by atoms with van der Waals surface area (Å²) in [7, 11) is 0. The zero-order chi connectivity index (χ0) is 18.8. The Morgan fingerprint density at radius 2 is 2.00 bits per heavy atom. The average molecular weight is 365 g/mol. The topological polar surface area (TPSA) is 93.6 Å². The van der Waals surface area contributed by atoms with Gasteiger partial charge in [-0.05, 0) is 25.0 Å². The minimum absolute atomic E-state index is 0.0112. The summed E-state index contributed by atoms with van der Waals surface area (Å²) in [5, 5.41) is 19.7. The molecule has 1 aromatic carbocycles. The lowest BCUT2D eigenvalue weighted by Crippen LogP contribution is -2.40. The predicted octanol–water partition coefficient (Wildman–Crippen LogP) is 2.59. The Hall–Kier alpha value is -3.29. The summed E-state index contributed by atoms with van der Waals surface area (Å²) in [5.41, 5.74) is 1.22. The average Bonchev–Trinajstić information content (AvgIpc) is 3.12. The van der Waals surface area contributed by atoms with Gasteiger partial charge in [0.2, 0.25) is 5.91 Å². The third-order valence-electron chi connectivity index (χ3n) is 5.01. The van der Waals surface area contributed by atoms with Crippen LogP contribution >= 0.6 is 0 Å². The highest BCUT2D eigenvalue weighted by atomic mass is 16.6. The summed E-state index contributed by atoms with van der Waals surface area (Å²) < 4.78 is 1.96.